The predicted molar refractivity (Wildman–Crippen MR) is 134 cm³/mol. The Bertz CT molecular complexity index is 1450. The van der Waals surface area contributed by atoms with Crippen LogP contribution in [0.2, 0.25) is 0 Å². The van der Waals surface area contributed by atoms with Crippen molar-refractivity contribution in [1.82, 2.24) is 0 Å². The van der Waals surface area contributed by atoms with Gasteiger partial charge >= 0.3 is 0 Å². The van der Waals surface area contributed by atoms with Gasteiger partial charge in [0.05, 0.1) is 19.8 Å². The van der Waals surface area contributed by atoms with Crippen molar-refractivity contribution in [3.05, 3.63) is 46.6 Å². The van der Waals surface area contributed by atoms with Crippen LogP contribution >= 0.6 is 0 Å². The highest BCUT2D eigenvalue weighted by Crippen LogP contribution is 2.38. The second-order valence-electron chi connectivity index (χ2n) is 9.77. The van der Waals surface area contributed by atoms with Gasteiger partial charge in [-0.2, -0.15) is 0 Å². The van der Waals surface area contributed by atoms with E-state index in [1.165, 1.54) is 24.3 Å². The van der Waals surface area contributed by atoms with Gasteiger partial charge in [0.2, 0.25) is 23.8 Å². The zero-order valence-electron chi connectivity index (χ0n) is 21.1. The molecule has 15 heteroatoms. The molecule has 3 heterocycles. The summed E-state index contributed by atoms with van der Waals surface area (Å²) in [5.74, 6) is -1.74. The van der Waals surface area contributed by atoms with Gasteiger partial charge in [-0.3, -0.25) is 4.79 Å². The fraction of sp³-hybridized carbons (Fsp3) is 0.423. The number of ether oxygens (including phenoxy) is 4. The van der Waals surface area contributed by atoms with Crippen LogP contribution in [0.5, 0.6) is 23.0 Å². The SMILES string of the molecule is O=c1c(O[C@@H]2O[C@H](CO)[C@@H](O)[C@H](O)[C@H]2O)c(-c2ccc(O[C@@H]3OC[C@](O)(CO)[C@H]3O)cc2)oc2cc(O)cc(O)c12. The minimum atomic E-state index is -1.90. The van der Waals surface area contributed by atoms with Crippen LogP contribution in [0.4, 0.5) is 0 Å². The molecular formula is C26H28O15. The Morgan fingerprint density at radius 2 is 1.63 bits per heavy atom. The van der Waals surface area contributed by atoms with Crippen molar-refractivity contribution in [1.29, 1.82) is 0 Å². The van der Waals surface area contributed by atoms with E-state index in [1.54, 1.807) is 0 Å². The van der Waals surface area contributed by atoms with Gasteiger partial charge in [-0.1, -0.05) is 0 Å². The van der Waals surface area contributed by atoms with E-state index in [2.05, 4.69) is 0 Å². The Labute approximate surface area is 230 Å². The van der Waals surface area contributed by atoms with Gasteiger partial charge in [0, 0.05) is 17.7 Å². The lowest BCUT2D eigenvalue weighted by Gasteiger charge is -2.39. The average molecular weight is 580 g/mol. The molecule has 222 valence electrons. The molecule has 0 amide bonds. The summed E-state index contributed by atoms with van der Waals surface area (Å²) < 4.78 is 27.6. The first-order chi connectivity index (χ1) is 19.5. The molecule has 3 aromatic rings. The first kappa shape index (κ1) is 29.0. The zero-order chi connectivity index (χ0) is 29.6. The largest absolute Gasteiger partial charge is 0.508 e. The molecule has 1 aromatic heterocycles. The van der Waals surface area contributed by atoms with Gasteiger partial charge in [0.15, 0.2) is 5.76 Å². The Balaban J connectivity index is 1.52. The topological polar surface area (TPSA) is 249 Å². The van der Waals surface area contributed by atoms with Gasteiger partial charge < -0.3 is 69.3 Å². The summed E-state index contributed by atoms with van der Waals surface area (Å²) in [6.45, 7) is -1.87. The molecule has 8 atom stereocenters. The Hall–Kier alpha value is -3.51. The fourth-order valence-electron chi connectivity index (χ4n) is 4.56. The van der Waals surface area contributed by atoms with Crippen LogP contribution in [0.3, 0.4) is 0 Å². The molecule has 41 heavy (non-hydrogen) atoms. The molecule has 2 saturated heterocycles. The second kappa shape index (κ2) is 11.1. The summed E-state index contributed by atoms with van der Waals surface area (Å²) in [4.78, 5) is 13.5. The highest BCUT2D eigenvalue weighted by Gasteiger charge is 2.49. The number of aromatic hydroxyl groups is 2. The monoisotopic (exact) mass is 580 g/mol. The third kappa shape index (κ3) is 5.19. The molecule has 2 aromatic carbocycles. The van der Waals surface area contributed by atoms with E-state index < -0.39 is 84.6 Å². The van der Waals surface area contributed by atoms with Crippen LogP contribution < -0.4 is 14.9 Å². The number of fused-ring (bicyclic) bond motifs is 1. The van der Waals surface area contributed by atoms with Gasteiger partial charge in [0.1, 0.15) is 64.3 Å². The highest BCUT2D eigenvalue weighted by atomic mass is 16.7. The summed E-state index contributed by atoms with van der Waals surface area (Å²) in [5.41, 5.74) is -2.89. The van der Waals surface area contributed by atoms with Crippen molar-refractivity contribution in [2.24, 2.45) is 0 Å². The van der Waals surface area contributed by atoms with E-state index in [1.807, 2.05) is 0 Å². The van der Waals surface area contributed by atoms with Crippen LogP contribution in [0.25, 0.3) is 22.3 Å². The first-order valence-electron chi connectivity index (χ1n) is 12.4. The molecule has 0 aliphatic carbocycles. The van der Waals surface area contributed by atoms with Crippen LogP contribution in [0.1, 0.15) is 0 Å². The van der Waals surface area contributed by atoms with Crippen molar-refractivity contribution in [2.75, 3.05) is 19.8 Å². The molecule has 2 aliphatic heterocycles. The minimum absolute atomic E-state index is 0.148. The van der Waals surface area contributed by atoms with Gasteiger partial charge in [0.25, 0.3) is 0 Å². The van der Waals surface area contributed by atoms with E-state index >= 15 is 0 Å². The number of phenolic OH excluding ortho intramolecular Hbond substituents is 2. The molecule has 2 aliphatic rings. The molecule has 2 fully saturated rings. The maximum Gasteiger partial charge on any atom is 0.239 e. The standard InChI is InChI=1S/C26H28O15/c27-7-15-17(31)19(33)20(34)24(40-15)41-22-18(32)16-13(30)5-11(29)6-14(16)39-21(22)10-1-3-12(4-2-10)38-25-23(35)26(36,8-28)9-37-25/h1-6,15,17,19-20,23-25,27-31,33-36H,7-9H2/t15-,17-,19+,20-,23+,24+,25+,26-/m1/s1. The van der Waals surface area contributed by atoms with Crippen LogP contribution in [-0.2, 0) is 9.47 Å². The van der Waals surface area contributed by atoms with Gasteiger partial charge in [-0.25, -0.2) is 0 Å². The molecule has 9 N–H and O–H groups in total. The van der Waals surface area contributed by atoms with E-state index in [4.69, 9.17) is 23.4 Å². The van der Waals surface area contributed by atoms with Crippen molar-refractivity contribution < 1.29 is 69.3 Å². The number of rotatable bonds is 7. The van der Waals surface area contributed by atoms with Gasteiger partial charge in [-0.15, -0.1) is 0 Å². The van der Waals surface area contributed by atoms with Crippen molar-refractivity contribution >= 4 is 11.0 Å². The number of hydrogen-bond donors (Lipinski definition) is 9. The van der Waals surface area contributed by atoms with E-state index in [0.717, 1.165) is 12.1 Å². The molecule has 0 bridgehead atoms. The number of phenols is 2. The lowest BCUT2D eigenvalue weighted by molar-refractivity contribution is -0.277. The highest BCUT2D eigenvalue weighted by molar-refractivity contribution is 5.88. The number of benzene rings is 2. The maximum absolute atomic E-state index is 13.5. The van der Waals surface area contributed by atoms with Crippen molar-refractivity contribution in [3.8, 4) is 34.3 Å². The molecule has 15 nitrogen and oxygen atoms in total. The average Bonchev–Trinajstić information content (AvgIpc) is 3.23. The minimum Gasteiger partial charge on any atom is -0.508 e. The molecule has 0 unspecified atom stereocenters. The normalized spacial score (nSPS) is 31.8. The Morgan fingerprint density at radius 1 is 0.927 bits per heavy atom. The van der Waals surface area contributed by atoms with E-state index in [-0.39, 0.29) is 34.6 Å². The number of aliphatic hydroxyl groups excluding tert-OH is 6. The first-order valence-corrected chi connectivity index (χ1v) is 12.4. The third-order valence-corrected chi connectivity index (χ3v) is 6.95. The summed E-state index contributed by atoms with van der Waals surface area (Å²) >= 11 is 0. The van der Waals surface area contributed by atoms with Crippen LogP contribution in [-0.4, -0.2) is 114 Å². The van der Waals surface area contributed by atoms with Gasteiger partial charge in [-0.05, 0) is 24.3 Å². The lowest BCUT2D eigenvalue weighted by atomic mass is 9.99. The third-order valence-electron chi connectivity index (χ3n) is 6.95. The molecule has 5 rings (SSSR count). The molecule has 0 spiro atoms. The smallest absolute Gasteiger partial charge is 0.239 e. The maximum atomic E-state index is 13.5. The summed E-state index contributed by atoms with van der Waals surface area (Å²) in [6, 6.07) is 7.58. The van der Waals surface area contributed by atoms with Crippen LogP contribution in [0.15, 0.2) is 45.6 Å². The molecular weight excluding hydrogens is 552 g/mol. The van der Waals surface area contributed by atoms with E-state index in [0.29, 0.717) is 0 Å². The second-order valence-corrected chi connectivity index (χ2v) is 9.77. The number of hydrogen-bond acceptors (Lipinski definition) is 15. The van der Waals surface area contributed by atoms with Crippen LogP contribution in [0, 0.1) is 0 Å². The lowest BCUT2D eigenvalue weighted by Crippen LogP contribution is -2.60. The fourth-order valence-corrected chi connectivity index (χ4v) is 4.56. The zero-order valence-corrected chi connectivity index (χ0v) is 21.1. The summed E-state index contributed by atoms with van der Waals surface area (Å²) in [5, 5.41) is 89.7. The summed E-state index contributed by atoms with van der Waals surface area (Å²) in [7, 11) is 0. The summed E-state index contributed by atoms with van der Waals surface area (Å²) in [6.07, 6.45) is -11.3. The molecule has 0 radical (unpaired) electrons. The number of aliphatic hydroxyl groups is 7. The van der Waals surface area contributed by atoms with Crippen molar-refractivity contribution in [2.45, 2.75) is 48.7 Å². The quantitative estimate of drug-likeness (QED) is 0.145. The van der Waals surface area contributed by atoms with E-state index in [9.17, 15) is 50.8 Å². The Kier molecular flexibility index (Phi) is 7.82. The Morgan fingerprint density at radius 3 is 2.27 bits per heavy atom. The predicted octanol–water partition coefficient (Wildman–Crippen LogP) is -2.13. The van der Waals surface area contributed by atoms with Crippen molar-refractivity contribution in [3.63, 3.8) is 0 Å². The molecule has 0 saturated carbocycles.